The third-order valence-corrected chi connectivity index (χ3v) is 4.68. The fourth-order valence-corrected chi connectivity index (χ4v) is 3.30. The predicted octanol–water partition coefficient (Wildman–Crippen LogP) is 2.88. The van der Waals surface area contributed by atoms with Crippen molar-refractivity contribution in [1.29, 1.82) is 5.26 Å². The van der Waals surface area contributed by atoms with Gasteiger partial charge in [0.05, 0.1) is 30.6 Å². The molecule has 1 fully saturated rings. The molecule has 0 saturated heterocycles. The van der Waals surface area contributed by atoms with Gasteiger partial charge in [-0.2, -0.15) is 5.26 Å². The summed E-state index contributed by atoms with van der Waals surface area (Å²) < 4.78 is 4.86. The summed E-state index contributed by atoms with van der Waals surface area (Å²) in [5, 5.41) is 8.88. The van der Waals surface area contributed by atoms with Crippen molar-refractivity contribution in [2.45, 2.75) is 45.7 Å². The van der Waals surface area contributed by atoms with Gasteiger partial charge in [-0.25, -0.2) is 0 Å². The molecule has 0 spiro atoms. The standard InChI is InChI=1S/C19H24N2O3/c1-13(2)21(12-15-9-7-14(11-20)8-10-15)18(22)16-5-4-6-17(16)19(23)24-3/h7-10,13,16-17H,4-6,12H2,1-3H3. The first-order valence-corrected chi connectivity index (χ1v) is 8.35. The highest BCUT2D eigenvalue weighted by atomic mass is 16.5. The van der Waals surface area contributed by atoms with Crippen LogP contribution in [0.1, 0.15) is 44.2 Å². The fraction of sp³-hybridized carbons (Fsp3) is 0.526. The molecule has 5 nitrogen and oxygen atoms in total. The molecule has 5 heteroatoms. The second kappa shape index (κ2) is 7.96. The molecule has 1 aromatic carbocycles. The van der Waals surface area contributed by atoms with Crippen molar-refractivity contribution < 1.29 is 14.3 Å². The summed E-state index contributed by atoms with van der Waals surface area (Å²) in [6.45, 7) is 4.43. The number of methoxy groups -OCH3 is 1. The topological polar surface area (TPSA) is 70.4 Å². The Balaban J connectivity index is 2.15. The lowest BCUT2D eigenvalue weighted by Crippen LogP contribution is -2.42. The molecule has 0 heterocycles. The number of rotatable bonds is 5. The van der Waals surface area contributed by atoms with E-state index < -0.39 is 0 Å². The van der Waals surface area contributed by atoms with Gasteiger partial charge in [0.15, 0.2) is 0 Å². The average molecular weight is 328 g/mol. The van der Waals surface area contributed by atoms with Gasteiger partial charge in [0.1, 0.15) is 0 Å². The monoisotopic (exact) mass is 328 g/mol. The highest BCUT2D eigenvalue weighted by Crippen LogP contribution is 2.34. The molecule has 0 N–H and O–H groups in total. The van der Waals surface area contributed by atoms with Gasteiger partial charge >= 0.3 is 5.97 Å². The van der Waals surface area contributed by atoms with E-state index >= 15 is 0 Å². The largest absolute Gasteiger partial charge is 0.469 e. The number of hydrogen-bond donors (Lipinski definition) is 0. The first kappa shape index (κ1) is 18.0. The highest BCUT2D eigenvalue weighted by Gasteiger charge is 2.40. The molecule has 2 atom stereocenters. The van der Waals surface area contributed by atoms with Gasteiger partial charge in [0.2, 0.25) is 5.91 Å². The van der Waals surface area contributed by atoms with E-state index in [9.17, 15) is 9.59 Å². The molecule has 128 valence electrons. The number of benzene rings is 1. The second-order valence-electron chi connectivity index (χ2n) is 6.54. The molecule has 0 aromatic heterocycles. The van der Waals surface area contributed by atoms with Crippen LogP contribution in [0.5, 0.6) is 0 Å². The van der Waals surface area contributed by atoms with Crippen LogP contribution in [-0.4, -0.2) is 29.9 Å². The third kappa shape index (κ3) is 3.94. The maximum atomic E-state index is 13.0. The molecule has 1 aromatic rings. The summed E-state index contributed by atoms with van der Waals surface area (Å²) in [5.41, 5.74) is 1.58. The van der Waals surface area contributed by atoms with Crippen LogP contribution in [0, 0.1) is 23.2 Å². The zero-order chi connectivity index (χ0) is 17.7. The Kier molecular flexibility index (Phi) is 5.97. The molecule has 1 aliphatic carbocycles. The van der Waals surface area contributed by atoms with Crippen molar-refractivity contribution in [3.05, 3.63) is 35.4 Å². The number of hydrogen-bond acceptors (Lipinski definition) is 4. The quantitative estimate of drug-likeness (QED) is 0.779. The normalized spacial score (nSPS) is 19.8. The molecule has 1 amide bonds. The number of nitrogens with zero attached hydrogens (tertiary/aromatic N) is 2. The van der Waals surface area contributed by atoms with Crippen molar-refractivity contribution in [1.82, 2.24) is 4.90 Å². The number of amides is 1. The Labute approximate surface area is 143 Å². The van der Waals surface area contributed by atoms with Gasteiger partial charge in [-0.15, -0.1) is 0 Å². The van der Waals surface area contributed by atoms with E-state index in [4.69, 9.17) is 10.00 Å². The van der Waals surface area contributed by atoms with Crippen molar-refractivity contribution in [2.24, 2.45) is 11.8 Å². The number of esters is 1. The minimum Gasteiger partial charge on any atom is -0.469 e. The van der Waals surface area contributed by atoms with Crippen molar-refractivity contribution in [3.8, 4) is 6.07 Å². The van der Waals surface area contributed by atoms with Gasteiger partial charge in [0, 0.05) is 12.6 Å². The molecule has 0 aliphatic heterocycles. The van der Waals surface area contributed by atoms with Crippen LogP contribution in [0.4, 0.5) is 0 Å². The van der Waals surface area contributed by atoms with E-state index in [2.05, 4.69) is 6.07 Å². The molecule has 0 radical (unpaired) electrons. The summed E-state index contributed by atoms with van der Waals surface area (Å²) in [6.07, 6.45) is 2.32. The molecule has 2 rings (SSSR count). The lowest BCUT2D eigenvalue weighted by atomic mass is 9.94. The van der Waals surface area contributed by atoms with E-state index in [0.717, 1.165) is 18.4 Å². The molecule has 1 saturated carbocycles. The summed E-state index contributed by atoms with van der Waals surface area (Å²) >= 11 is 0. The first-order chi connectivity index (χ1) is 11.5. The second-order valence-corrected chi connectivity index (χ2v) is 6.54. The first-order valence-electron chi connectivity index (χ1n) is 8.35. The maximum Gasteiger partial charge on any atom is 0.309 e. The number of carbonyl (C=O) groups excluding carboxylic acids is 2. The Hall–Kier alpha value is -2.35. The minimum atomic E-state index is -0.329. The lowest BCUT2D eigenvalue weighted by molar-refractivity contribution is -0.152. The highest BCUT2D eigenvalue weighted by molar-refractivity contribution is 5.86. The van der Waals surface area contributed by atoms with Crippen molar-refractivity contribution in [2.75, 3.05) is 7.11 Å². The number of ether oxygens (including phenoxy) is 1. The Morgan fingerprint density at radius 3 is 2.42 bits per heavy atom. The third-order valence-electron chi connectivity index (χ3n) is 4.68. The Morgan fingerprint density at radius 2 is 1.88 bits per heavy atom. The minimum absolute atomic E-state index is 0.0160. The van der Waals surface area contributed by atoms with Gasteiger partial charge in [0.25, 0.3) is 0 Å². The van der Waals surface area contributed by atoms with Crippen LogP contribution >= 0.6 is 0 Å². The van der Waals surface area contributed by atoms with E-state index in [0.29, 0.717) is 18.5 Å². The van der Waals surface area contributed by atoms with E-state index in [-0.39, 0.29) is 29.8 Å². The molecule has 0 bridgehead atoms. The predicted molar refractivity (Wildman–Crippen MR) is 89.7 cm³/mol. The van der Waals surface area contributed by atoms with E-state index in [1.807, 2.05) is 30.9 Å². The number of carbonyl (C=O) groups is 2. The van der Waals surface area contributed by atoms with Gasteiger partial charge in [-0.3, -0.25) is 9.59 Å². The summed E-state index contributed by atoms with van der Waals surface area (Å²) in [7, 11) is 1.37. The summed E-state index contributed by atoms with van der Waals surface area (Å²) in [4.78, 5) is 26.8. The van der Waals surface area contributed by atoms with Gasteiger partial charge < -0.3 is 9.64 Å². The van der Waals surface area contributed by atoms with Gasteiger partial charge in [-0.05, 0) is 44.4 Å². The maximum absolute atomic E-state index is 13.0. The van der Waals surface area contributed by atoms with Crippen molar-refractivity contribution >= 4 is 11.9 Å². The Morgan fingerprint density at radius 1 is 1.25 bits per heavy atom. The average Bonchev–Trinajstić information content (AvgIpc) is 3.08. The smallest absolute Gasteiger partial charge is 0.309 e. The SMILES string of the molecule is COC(=O)C1CCCC1C(=O)N(Cc1ccc(C#N)cc1)C(C)C. The van der Waals surface area contributed by atoms with Crippen molar-refractivity contribution in [3.63, 3.8) is 0 Å². The van der Waals surface area contributed by atoms with Crippen LogP contribution in [0.2, 0.25) is 0 Å². The number of nitriles is 1. The molecular formula is C19H24N2O3. The molecule has 2 unspecified atom stereocenters. The fourth-order valence-electron chi connectivity index (χ4n) is 3.30. The van der Waals surface area contributed by atoms with Crippen LogP contribution in [0.15, 0.2) is 24.3 Å². The molecule has 24 heavy (non-hydrogen) atoms. The lowest BCUT2D eigenvalue weighted by Gasteiger charge is -2.31. The van der Waals surface area contributed by atoms with Crippen LogP contribution in [0.3, 0.4) is 0 Å². The molecular weight excluding hydrogens is 304 g/mol. The van der Waals surface area contributed by atoms with E-state index in [1.165, 1.54) is 7.11 Å². The zero-order valence-corrected chi connectivity index (χ0v) is 14.5. The summed E-state index contributed by atoms with van der Waals surface area (Å²) in [6, 6.07) is 9.37. The van der Waals surface area contributed by atoms with Crippen LogP contribution < -0.4 is 0 Å². The zero-order valence-electron chi connectivity index (χ0n) is 14.5. The van der Waals surface area contributed by atoms with Crippen LogP contribution in [-0.2, 0) is 20.9 Å². The van der Waals surface area contributed by atoms with Crippen LogP contribution in [0.25, 0.3) is 0 Å². The Bertz CT molecular complexity index is 631. The summed E-state index contributed by atoms with van der Waals surface area (Å²) in [5.74, 6) is -0.891. The van der Waals surface area contributed by atoms with E-state index in [1.54, 1.807) is 12.1 Å². The van der Waals surface area contributed by atoms with Gasteiger partial charge in [-0.1, -0.05) is 18.6 Å². The molecule has 1 aliphatic rings.